The van der Waals surface area contributed by atoms with E-state index in [-0.39, 0.29) is 5.56 Å². The van der Waals surface area contributed by atoms with Crippen LogP contribution >= 0.6 is 0 Å². The van der Waals surface area contributed by atoms with Crippen molar-refractivity contribution < 1.29 is 9.90 Å². The third-order valence-electron chi connectivity index (χ3n) is 1.85. The van der Waals surface area contributed by atoms with Crippen LogP contribution in [0.4, 0.5) is 0 Å². The van der Waals surface area contributed by atoms with Crippen LogP contribution in [0.1, 0.15) is 16.2 Å². The average molecular weight is 207 g/mol. The van der Waals surface area contributed by atoms with E-state index in [1.807, 2.05) is 0 Å². The van der Waals surface area contributed by atoms with Crippen LogP contribution in [0.5, 0.6) is 0 Å². The number of carbonyl (C=O) groups is 1. The van der Waals surface area contributed by atoms with Crippen LogP contribution in [0.25, 0.3) is 5.78 Å². The summed E-state index contributed by atoms with van der Waals surface area (Å²) in [5, 5.41) is 12.8. The fourth-order valence-electron chi connectivity index (χ4n) is 1.17. The van der Waals surface area contributed by atoms with E-state index in [0.29, 0.717) is 24.6 Å². The van der Waals surface area contributed by atoms with E-state index in [0.717, 1.165) is 0 Å². The van der Waals surface area contributed by atoms with E-state index in [1.165, 1.54) is 16.9 Å². The Morgan fingerprint density at radius 3 is 3.07 bits per heavy atom. The zero-order chi connectivity index (χ0) is 10.8. The first kappa shape index (κ1) is 9.53. The Balaban J connectivity index is 2.47. The number of hydrogen-bond donors (Lipinski definition) is 2. The van der Waals surface area contributed by atoms with E-state index in [4.69, 9.17) is 10.8 Å². The van der Waals surface area contributed by atoms with Crippen molar-refractivity contribution in [3.8, 4) is 0 Å². The Morgan fingerprint density at radius 1 is 1.60 bits per heavy atom. The molecule has 0 aliphatic carbocycles. The zero-order valence-corrected chi connectivity index (χ0v) is 7.79. The number of aromatic carboxylic acids is 1. The van der Waals surface area contributed by atoms with Gasteiger partial charge < -0.3 is 10.8 Å². The first-order valence-electron chi connectivity index (χ1n) is 4.35. The van der Waals surface area contributed by atoms with Crippen molar-refractivity contribution in [2.24, 2.45) is 5.73 Å². The van der Waals surface area contributed by atoms with Gasteiger partial charge in [-0.1, -0.05) is 0 Å². The number of rotatable bonds is 3. The first-order valence-corrected chi connectivity index (χ1v) is 4.35. The van der Waals surface area contributed by atoms with E-state index in [2.05, 4.69) is 15.1 Å². The first-order chi connectivity index (χ1) is 7.20. The lowest BCUT2D eigenvalue weighted by atomic mass is 10.4. The van der Waals surface area contributed by atoms with Crippen LogP contribution < -0.4 is 5.73 Å². The molecule has 2 heterocycles. The summed E-state index contributed by atoms with van der Waals surface area (Å²) in [6.07, 6.45) is 3.17. The van der Waals surface area contributed by atoms with Crippen LogP contribution in [0.15, 0.2) is 12.4 Å². The minimum absolute atomic E-state index is 0.0756. The standard InChI is InChI=1S/C8H9N5O2/c9-2-1-6-11-8-10-3-5(7(14)15)4-13(8)12-6/h3-4H,1-2,9H2,(H,14,15). The number of nitrogens with zero attached hydrogens (tertiary/aromatic N) is 4. The summed E-state index contributed by atoms with van der Waals surface area (Å²) in [4.78, 5) is 18.6. The number of aromatic nitrogens is 4. The van der Waals surface area contributed by atoms with Crippen molar-refractivity contribution in [3.63, 3.8) is 0 Å². The normalized spacial score (nSPS) is 10.7. The number of hydrogen-bond acceptors (Lipinski definition) is 5. The van der Waals surface area contributed by atoms with E-state index in [9.17, 15) is 4.79 Å². The highest BCUT2D eigenvalue weighted by molar-refractivity contribution is 5.86. The van der Waals surface area contributed by atoms with Crippen LogP contribution in [-0.4, -0.2) is 37.2 Å². The lowest BCUT2D eigenvalue weighted by molar-refractivity contribution is 0.0695. The van der Waals surface area contributed by atoms with Crippen molar-refractivity contribution >= 4 is 11.7 Å². The van der Waals surface area contributed by atoms with Gasteiger partial charge in [0.05, 0.1) is 5.56 Å². The largest absolute Gasteiger partial charge is 0.478 e. The van der Waals surface area contributed by atoms with Gasteiger partial charge in [0.2, 0.25) is 0 Å². The Bertz CT molecular complexity index is 507. The highest BCUT2D eigenvalue weighted by atomic mass is 16.4. The summed E-state index contributed by atoms with van der Waals surface area (Å²) in [6, 6.07) is 0. The van der Waals surface area contributed by atoms with Crippen molar-refractivity contribution in [3.05, 3.63) is 23.8 Å². The molecule has 2 aromatic rings. The smallest absolute Gasteiger partial charge is 0.338 e. The molecule has 0 aromatic carbocycles. The number of fused-ring (bicyclic) bond motifs is 1. The zero-order valence-electron chi connectivity index (χ0n) is 7.79. The van der Waals surface area contributed by atoms with Gasteiger partial charge in [-0.15, -0.1) is 5.10 Å². The van der Waals surface area contributed by atoms with E-state index >= 15 is 0 Å². The van der Waals surface area contributed by atoms with Crippen molar-refractivity contribution in [1.82, 2.24) is 19.6 Å². The summed E-state index contributed by atoms with van der Waals surface area (Å²) in [5.74, 6) is -0.101. The minimum atomic E-state index is -1.04. The van der Waals surface area contributed by atoms with Gasteiger partial charge in [-0.3, -0.25) is 0 Å². The predicted octanol–water partition coefficient (Wildman–Crippen LogP) is -0.676. The molecule has 15 heavy (non-hydrogen) atoms. The fourth-order valence-corrected chi connectivity index (χ4v) is 1.17. The summed E-state index contributed by atoms with van der Waals surface area (Å²) in [6.45, 7) is 0.447. The molecule has 0 amide bonds. The average Bonchev–Trinajstić information content (AvgIpc) is 2.59. The molecule has 0 radical (unpaired) electrons. The minimum Gasteiger partial charge on any atom is -0.478 e. The molecule has 0 saturated carbocycles. The molecule has 0 fully saturated rings. The maximum absolute atomic E-state index is 10.7. The lowest BCUT2D eigenvalue weighted by Crippen LogP contribution is -2.04. The second kappa shape index (κ2) is 3.62. The summed E-state index contributed by atoms with van der Waals surface area (Å²) >= 11 is 0. The van der Waals surface area contributed by atoms with Gasteiger partial charge in [0.25, 0.3) is 5.78 Å². The quantitative estimate of drug-likeness (QED) is 0.690. The maximum Gasteiger partial charge on any atom is 0.338 e. The van der Waals surface area contributed by atoms with Crippen LogP contribution in [0, 0.1) is 0 Å². The second-order valence-corrected chi connectivity index (χ2v) is 2.96. The highest BCUT2D eigenvalue weighted by Gasteiger charge is 2.08. The molecular formula is C8H9N5O2. The van der Waals surface area contributed by atoms with Gasteiger partial charge in [0.15, 0.2) is 5.82 Å². The molecule has 78 valence electrons. The molecule has 0 aliphatic rings. The van der Waals surface area contributed by atoms with Gasteiger partial charge in [0.1, 0.15) is 0 Å². The van der Waals surface area contributed by atoms with Crippen LogP contribution in [0.2, 0.25) is 0 Å². The topological polar surface area (TPSA) is 106 Å². The molecule has 7 nitrogen and oxygen atoms in total. The number of nitrogens with two attached hydrogens (primary N) is 1. The van der Waals surface area contributed by atoms with Gasteiger partial charge in [-0.05, 0) is 6.54 Å². The van der Waals surface area contributed by atoms with E-state index in [1.54, 1.807) is 0 Å². The van der Waals surface area contributed by atoms with E-state index < -0.39 is 5.97 Å². The molecule has 2 rings (SSSR count). The molecular weight excluding hydrogens is 198 g/mol. The Kier molecular flexibility index (Phi) is 2.30. The maximum atomic E-state index is 10.7. The molecule has 0 aliphatic heterocycles. The van der Waals surface area contributed by atoms with Crippen LogP contribution in [-0.2, 0) is 6.42 Å². The van der Waals surface area contributed by atoms with Crippen LogP contribution in [0.3, 0.4) is 0 Å². The van der Waals surface area contributed by atoms with Gasteiger partial charge in [-0.25, -0.2) is 14.3 Å². The van der Waals surface area contributed by atoms with Gasteiger partial charge in [0, 0.05) is 18.8 Å². The number of carboxylic acid groups (broad SMARTS) is 1. The predicted molar refractivity (Wildman–Crippen MR) is 50.5 cm³/mol. The molecule has 0 unspecified atom stereocenters. The summed E-state index contributed by atoms with van der Waals surface area (Å²) in [7, 11) is 0. The Labute approximate surface area is 84.6 Å². The monoisotopic (exact) mass is 207 g/mol. The Hall–Kier alpha value is -2.02. The molecule has 0 bridgehead atoms. The third-order valence-corrected chi connectivity index (χ3v) is 1.85. The van der Waals surface area contributed by atoms with Gasteiger partial charge >= 0.3 is 5.97 Å². The van der Waals surface area contributed by atoms with Crippen molar-refractivity contribution in [2.45, 2.75) is 6.42 Å². The van der Waals surface area contributed by atoms with Gasteiger partial charge in [-0.2, -0.15) is 4.98 Å². The molecule has 0 atom stereocenters. The molecule has 0 spiro atoms. The molecule has 7 heteroatoms. The molecule has 0 saturated heterocycles. The third kappa shape index (κ3) is 1.77. The summed E-state index contributed by atoms with van der Waals surface area (Å²) < 4.78 is 1.34. The Morgan fingerprint density at radius 2 is 2.40 bits per heavy atom. The second-order valence-electron chi connectivity index (χ2n) is 2.96. The highest BCUT2D eigenvalue weighted by Crippen LogP contribution is 2.01. The lowest BCUT2D eigenvalue weighted by Gasteiger charge is -1.92. The SMILES string of the molecule is NCCc1nc2ncc(C(=O)O)cn2n1. The van der Waals surface area contributed by atoms with Crippen molar-refractivity contribution in [1.29, 1.82) is 0 Å². The molecule has 3 N–H and O–H groups in total. The fraction of sp³-hybridized carbons (Fsp3) is 0.250. The molecule has 2 aromatic heterocycles. The number of carboxylic acids is 1. The summed E-state index contributed by atoms with van der Waals surface area (Å²) in [5.41, 5.74) is 5.43. The van der Waals surface area contributed by atoms with Crippen molar-refractivity contribution in [2.75, 3.05) is 6.54 Å².